The number of hydrogen-bond acceptors (Lipinski definition) is 8. The molecule has 8 nitrogen and oxygen atoms in total. The summed E-state index contributed by atoms with van der Waals surface area (Å²) in [6.07, 6.45) is 7.71. The Balaban J connectivity index is 1.31. The van der Waals surface area contributed by atoms with Crippen molar-refractivity contribution >= 4 is 52.5 Å². The number of rotatable bonds is 5. The molecule has 3 heterocycles. The van der Waals surface area contributed by atoms with Gasteiger partial charge in [-0.15, -0.1) is 11.3 Å². The number of benzene rings is 2. The zero-order chi connectivity index (χ0) is 28.5. The fourth-order valence-corrected chi connectivity index (χ4v) is 7.30. The van der Waals surface area contributed by atoms with Crippen molar-refractivity contribution in [3.8, 4) is 11.1 Å². The van der Waals surface area contributed by atoms with Crippen LogP contribution in [0.5, 0.6) is 0 Å². The summed E-state index contributed by atoms with van der Waals surface area (Å²) in [5, 5.41) is 1.78. The maximum atomic E-state index is 14.1. The molecule has 0 saturated heterocycles. The minimum atomic E-state index is -1.02. The predicted molar refractivity (Wildman–Crippen MR) is 159 cm³/mol. The topological polar surface area (TPSA) is 109 Å². The van der Waals surface area contributed by atoms with Crippen LogP contribution in [0.4, 0.5) is 11.5 Å². The zero-order valence-electron chi connectivity index (χ0n) is 22.6. The summed E-state index contributed by atoms with van der Waals surface area (Å²) in [6.45, 7) is 4.98. The van der Waals surface area contributed by atoms with Crippen LogP contribution >= 0.6 is 11.3 Å². The van der Waals surface area contributed by atoms with E-state index >= 15 is 0 Å². The van der Waals surface area contributed by atoms with Crippen molar-refractivity contribution in [3.05, 3.63) is 92.4 Å². The largest absolute Gasteiger partial charge is 0.365 e. The van der Waals surface area contributed by atoms with Gasteiger partial charge in [0, 0.05) is 22.9 Å². The fraction of sp³-hybridized carbons (Fsp3) is 0.219. The highest BCUT2D eigenvalue weighted by molar-refractivity contribution is 7.14. The molecule has 2 N–H and O–H groups in total. The van der Waals surface area contributed by atoms with Gasteiger partial charge in [0.25, 0.3) is 5.91 Å². The van der Waals surface area contributed by atoms with E-state index in [1.165, 1.54) is 17.7 Å². The molecule has 41 heavy (non-hydrogen) atoms. The molecular formula is C32H27N5O3S. The van der Waals surface area contributed by atoms with Crippen molar-refractivity contribution in [3.63, 3.8) is 0 Å². The third-order valence-electron chi connectivity index (χ3n) is 8.53. The Kier molecular flexibility index (Phi) is 5.69. The number of amides is 1. The quantitative estimate of drug-likeness (QED) is 0.399. The summed E-state index contributed by atoms with van der Waals surface area (Å²) in [5.74, 6) is -0.0476. The minimum absolute atomic E-state index is 0.0281. The molecular weight excluding hydrogens is 534 g/mol. The number of anilines is 2. The number of aromatic nitrogens is 2. The van der Waals surface area contributed by atoms with E-state index in [2.05, 4.69) is 19.8 Å². The summed E-state index contributed by atoms with van der Waals surface area (Å²) >= 11 is 1.40. The highest BCUT2D eigenvalue weighted by Crippen LogP contribution is 2.44. The van der Waals surface area contributed by atoms with Crippen LogP contribution in [0.3, 0.4) is 0 Å². The molecule has 0 radical (unpaired) electrons. The van der Waals surface area contributed by atoms with Gasteiger partial charge in [0.15, 0.2) is 17.4 Å². The maximum absolute atomic E-state index is 14.1. The standard InChI is InChI=1S/C32H27N5O3S/c1-18-13-24-23-14-27(38)22-6-4-3-5-20(22)21(23)8-9-25(24)32(2,29(18)39)37-17-36(26-15-34-16-35-31(26)37)12-11-19-7-10-28(41-19)30(33)40/h3-10,13-16,18H,11-12,17H2,1-2H3,(H2,33,40). The lowest BCUT2D eigenvalue weighted by Gasteiger charge is -2.42. The Hall–Kier alpha value is -4.63. The van der Waals surface area contributed by atoms with E-state index in [1.54, 1.807) is 18.3 Å². The molecule has 7 rings (SSSR count). The van der Waals surface area contributed by atoms with E-state index in [0.29, 0.717) is 35.9 Å². The van der Waals surface area contributed by atoms with Crippen molar-refractivity contribution in [2.24, 2.45) is 11.7 Å². The molecule has 2 unspecified atom stereocenters. The summed E-state index contributed by atoms with van der Waals surface area (Å²) in [6, 6.07) is 15.4. The van der Waals surface area contributed by atoms with Crippen LogP contribution in [0, 0.1) is 5.92 Å². The zero-order valence-corrected chi connectivity index (χ0v) is 23.4. The monoisotopic (exact) mass is 561 g/mol. The highest BCUT2D eigenvalue weighted by atomic mass is 32.1. The smallest absolute Gasteiger partial charge is 0.258 e. The van der Waals surface area contributed by atoms with Crippen molar-refractivity contribution < 1.29 is 14.4 Å². The van der Waals surface area contributed by atoms with Crippen LogP contribution < -0.4 is 26.0 Å². The maximum Gasteiger partial charge on any atom is 0.258 e. The Bertz CT molecular complexity index is 1910. The van der Waals surface area contributed by atoms with E-state index in [9.17, 15) is 14.4 Å². The number of fused-ring (bicyclic) bond motifs is 6. The molecule has 4 aromatic rings. The molecule has 2 atom stereocenters. The SMILES string of the molecule is CC1C=c2c(ccc3c2=CC(=O)c2ccccc2-3)C(C)(N2CN(CCc3ccc(C(N)=O)s3)c3cncnc32)C1=O. The molecule has 9 heteroatoms. The van der Waals surface area contributed by atoms with Gasteiger partial charge in [-0.1, -0.05) is 49.4 Å². The van der Waals surface area contributed by atoms with Gasteiger partial charge in [0.2, 0.25) is 0 Å². The average molecular weight is 562 g/mol. The number of ketones is 2. The van der Waals surface area contributed by atoms with Crippen LogP contribution in [0.15, 0.2) is 61.1 Å². The van der Waals surface area contributed by atoms with Crippen LogP contribution in [-0.2, 0) is 16.8 Å². The van der Waals surface area contributed by atoms with E-state index in [1.807, 2.05) is 62.4 Å². The molecule has 204 valence electrons. The average Bonchev–Trinajstić information content (AvgIpc) is 3.61. The number of primary amides is 1. The first kappa shape index (κ1) is 25.3. The highest BCUT2D eigenvalue weighted by Gasteiger charge is 2.49. The number of thiophene rings is 1. The Morgan fingerprint density at radius 1 is 1.07 bits per heavy atom. The molecule has 0 fully saturated rings. The van der Waals surface area contributed by atoms with E-state index < -0.39 is 11.4 Å². The van der Waals surface area contributed by atoms with E-state index in [-0.39, 0.29) is 17.5 Å². The lowest BCUT2D eigenvalue weighted by Crippen LogP contribution is -2.59. The number of nitrogens with two attached hydrogens (primary N) is 1. The number of hydrogen-bond donors (Lipinski definition) is 1. The molecule has 0 bridgehead atoms. The van der Waals surface area contributed by atoms with Crippen molar-refractivity contribution in [2.75, 3.05) is 23.0 Å². The normalized spacial score (nSPS) is 20.5. The van der Waals surface area contributed by atoms with Crippen LogP contribution in [-0.4, -0.2) is 40.7 Å². The van der Waals surface area contributed by atoms with Crippen molar-refractivity contribution in [1.82, 2.24) is 9.97 Å². The van der Waals surface area contributed by atoms with Gasteiger partial charge < -0.3 is 15.5 Å². The van der Waals surface area contributed by atoms with Crippen molar-refractivity contribution in [2.45, 2.75) is 25.8 Å². The molecule has 2 aromatic heterocycles. The lowest BCUT2D eigenvalue weighted by molar-refractivity contribution is -0.126. The van der Waals surface area contributed by atoms with Gasteiger partial charge in [-0.25, -0.2) is 9.97 Å². The summed E-state index contributed by atoms with van der Waals surface area (Å²) < 4.78 is 0. The summed E-state index contributed by atoms with van der Waals surface area (Å²) in [5.41, 5.74) is 8.74. The van der Waals surface area contributed by atoms with Gasteiger partial charge >= 0.3 is 0 Å². The molecule has 0 saturated carbocycles. The number of Topliss-reactive ketones (excluding diaryl/α,β-unsaturated/α-hetero) is 2. The van der Waals surface area contributed by atoms with Gasteiger partial charge in [0.1, 0.15) is 17.6 Å². The number of carbonyl (C=O) groups is 3. The van der Waals surface area contributed by atoms with Gasteiger partial charge in [-0.05, 0) is 58.7 Å². The number of carbonyl (C=O) groups excluding carboxylic acids is 3. The van der Waals surface area contributed by atoms with Crippen LogP contribution in [0.1, 0.15) is 44.3 Å². The Morgan fingerprint density at radius 2 is 1.88 bits per heavy atom. The number of nitrogens with zero attached hydrogens (tertiary/aromatic N) is 4. The van der Waals surface area contributed by atoms with Gasteiger partial charge in [-0.3, -0.25) is 14.4 Å². The summed E-state index contributed by atoms with van der Waals surface area (Å²) in [7, 11) is 0. The first-order valence-corrected chi connectivity index (χ1v) is 14.3. The Labute approximate surface area is 240 Å². The second-order valence-corrected chi connectivity index (χ2v) is 12.0. The predicted octanol–water partition coefficient (Wildman–Crippen LogP) is 3.02. The first-order chi connectivity index (χ1) is 19.8. The van der Waals surface area contributed by atoms with Crippen LogP contribution in [0.25, 0.3) is 23.3 Å². The molecule has 0 spiro atoms. The molecule has 2 aliphatic carbocycles. The molecule has 1 aliphatic heterocycles. The lowest BCUT2D eigenvalue weighted by atomic mass is 9.73. The second kappa shape index (κ2) is 9.21. The van der Waals surface area contributed by atoms with Gasteiger partial charge in [-0.2, -0.15) is 0 Å². The summed E-state index contributed by atoms with van der Waals surface area (Å²) in [4.78, 5) is 53.6. The van der Waals surface area contributed by atoms with E-state index in [0.717, 1.165) is 37.7 Å². The van der Waals surface area contributed by atoms with E-state index in [4.69, 9.17) is 5.73 Å². The third kappa shape index (κ3) is 3.76. The molecule has 1 amide bonds. The molecule has 2 aromatic carbocycles. The second-order valence-electron chi connectivity index (χ2n) is 10.9. The minimum Gasteiger partial charge on any atom is -0.365 e. The Morgan fingerprint density at radius 3 is 2.66 bits per heavy atom. The van der Waals surface area contributed by atoms with Crippen LogP contribution in [0.2, 0.25) is 0 Å². The third-order valence-corrected chi connectivity index (χ3v) is 9.69. The van der Waals surface area contributed by atoms with Crippen molar-refractivity contribution in [1.29, 1.82) is 0 Å². The fourth-order valence-electron chi connectivity index (χ4n) is 6.45. The molecule has 3 aliphatic rings. The first-order valence-electron chi connectivity index (χ1n) is 13.5. The van der Waals surface area contributed by atoms with Gasteiger partial charge in [0.05, 0.1) is 17.7 Å².